The molecule has 0 atom stereocenters. The Balaban J connectivity index is 4.52. The van der Waals surface area contributed by atoms with Gasteiger partial charge in [0.15, 0.2) is 0 Å². The lowest BCUT2D eigenvalue weighted by atomic mass is 10.1. The smallest absolute Gasteiger partial charge is 0.0407 e. The van der Waals surface area contributed by atoms with E-state index in [2.05, 4.69) is 25.1 Å². The second-order valence-electron chi connectivity index (χ2n) is 2.38. The Morgan fingerprint density at radius 1 is 1.36 bits per heavy atom. The summed E-state index contributed by atoms with van der Waals surface area (Å²) in [6, 6.07) is 0. The molecule has 0 saturated heterocycles. The fourth-order valence-electron chi connectivity index (χ4n) is 0.682. The Morgan fingerprint density at radius 3 is 2.18 bits per heavy atom. The van der Waals surface area contributed by atoms with Crippen molar-refractivity contribution >= 4 is 0 Å². The maximum Gasteiger partial charge on any atom is 0.0407 e. The van der Waals surface area contributed by atoms with Crippen LogP contribution in [0.15, 0.2) is 48.7 Å². The van der Waals surface area contributed by atoms with Crippen molar-refractivity contribution in [3.63, 3.8) is 0 Å². The molecule has 0 aromatic rings. The van der Waals surface area contributed by atoms with Crippen LogP contribution in [0.2, 0.25) is 0 Å². The maximum absolute atomic E-state index is 3.81. The van der Waals surface area contributed by atoms with Gasteiger partial charge in [-0.1, -0.05) is 31.4 Å². The van der Waals surface area contributed by atoms with E-state index in [9.17, 15) is 0 Å². The Kier molecular flexibility index (Phi) is 4.04. The molecule has 0 aromatic carbocycles. The fraction of sp³-hybridized carbons (Fsp3) is 0.200. The lowest BCUT2D eigenvalue weighted by Crippen LogP contribution is -2.06. The molecule has 0 aliphatic carbocycles. The van der Waals surface area contributed by atoms with Gasteiger partial charge in [0.2, 0.25) is 0 Å². The lowest BCUT2D eigenvalue weighted by Gasteiger charge is -2.05. The van der Waals surface area contributed by atoms with Crippen LogP contribution in [0.1, 0.15) is 6.92 Å². The van der Waals surface area contributed by atoms with Gasteiger partial charge in [-0.2, -0.15) is 0 Å². The van der Waals surface area contributed by atoms with Crippen molar-refractivity contribution in [2.24, 2.45) is 0 Å². The molecular formula is C10H15N. The molecule has 0 spiro atoms. The monoisotopic (exact) mass is 149 g/mol. The minimum absolute atomic E-state index is 0.885. The van der Waals surface area contributed by atoms with E-state index in [0.29, 0.717) is 0 Å². The number of nitrogens with one attached hydrogen (secondary N) is 1. The summed E-state index contributed by atoms with van der Waals surface area (Å²) in [5.41, 5.74) is 2.85. The number of hydrogen-bond donors (Lipinski definition) is 1. The molecule has 0 aliphatic heterocycles. The second-order valence-corrected chi connectivity index (χ2v) is 2.38. The fourth-order valence-corrected chi connectivity index (χ4v) is 0.682. The van der Waals surface area contributed by atoms with Crippen molar-refractivity contribution in [3.05, 3.63) is 48.7 Å². The average molecular weight is 149 g/mol. The average Bonchev–Trinajstić information content (AvgIpc) is 1.98. The first-order valence-electron chi connectivity index (χ1n) is 3.48. The van der Waals surface area contributed by atoms with Crippen molar-refractivity contribution in [2.45, 2.75) is 6.92 Å². The predicted molar refractivity (Wildman–Crippen MR) is 51.3 cm³/mol. The van der Waals surface area contributed by atoms with Crippen molar-refractivity contribution < 1.29 is 0 Å². The molecule has 0 amide bonds. The molecule has 60 valence electrons. The molecule has 1 heteroatoms. The first-order chi connectivity index (χ1) is 5.11. The van der Waals surface area contributed by atoms with Gasteiger partial charge in [0.05, 0.1) is 0 Å². The summed E-state index contributed by atoms with van der Waals surface area (Å²) >= 11 is 0. The van der Waals surface area contributed by atoms with Crippen LogP contribution in [0.25, 0.3) is 0 Å². The van der Waals surface area contributed by atoms with Crippen LogP contribution >= 0.6 is 0 Å². The van der Waals surface area contributed by atoms with Crippen LogP contribution in [0, 0.1) is 0 Å². The third-order valence-electron chi connectivity index (χ3n) is 1.25. The number of likely N-dealkylation sites (N-methyl/N-ethyl adjacent to an activating group) is 1. The van der Waals surface area contributed by atoms with E-state index in [1.807, 2.05) is 20.0 Å². The summed E-state index contributed by atoms with van der Waals surface area (Å²) < 4.78 is 0. The third kappa shape index (κ3) is 3.46. The zero-order chi connectivity index (χ0) is 8.85. The normalized spacial score (nSPS) is 10.5. The van der Waals surface area contributed by atoms with Crippen molar-refractivity contribution in [1.29, 1.82) is 0 Å². The molecule has 0 aromatic heterocycles. The Labute approximate surface area is 68.8 Å². The van der Waals surface area contributed by atoms with Gasteiger partial charge in [0, 0.05) is 12.7 Å². The Bertz CT molecular complexity index is 209. The largest absolute Gasteiger partial charge is 0.388 e. The van der Waals surface area contributed by atoms with E-state index in [4.69, 9.17) is 0 Å². The van der Waals surface area contributed by atoms with Crippen molar-refractivity contribution in [1.82, 2.24) is 5.32 Å². The van der Waals surface area contributed by atoms with Gasteiger partial charge in [0.25, 0.3) is 0 Å². The summed E-state index contributed by atoms with van der Waals surface area (Å²) in [5, 5.41) is 3.01. The quantitative estimate of drug-likeness (QED) is 0.605. The topological polar surface area (TPSA) is 12.0 Å². The lowest BCUT2D eigenvalue weighted by molar-refractivity contribution is 1.01. The highest BCUT2D eigenvalue weighted by Gasteiger charge is 1.93. The summed E-state index contributed by atoms with van der Waals surface area (Å²) in [4.78, 5) is 0. The second kappa shape index (κ2) is 4.56. The molecule has 0 fully saturated rings. The van der Waals surface area contributed by atoms with Gasteiger partial charge < -0.3 is 5.32 Å². The molecule has 0 rings (SSSR count). The molecule has 1 nitrogen and oxygen atoms in total. The molecule has 0 heterocycles. The number of rotatable bonds is 4. The maximum atomic E-state index is 3.81. The standard InChI is InChI=1S/C10H15N/c1-6-9(4)10(11-5)7-8(2)3/h6-7,11H,1-2,4H2,3,5H3/b10-7+. The van der Waals surface area contributed by atoms with E-state index >= 15 is 0 Å². The van der Waals surface area contributed by atoms with E-state index in [1.54, 1.807) is 6.08 Å². The van der Waals surface area contributed by atoms with Crippen molar-refractivity contribution in [2.75, 3.05) is 7.05 Å². The summed E-state index contributed by atoms with van der Waals surface area (Å²) in [6.07, 6.45) is 3.65. The van der Waals surface area contributed by atoms with Gasteiger partial charge in [-0.15, -0.1) is 0 Å². The van der Waals surface area contributed by atoms with E-state index in [-0.39, 0.29) is 0 Å². The molecule has 0 radical (unpaired) electrons. The summed E-state index contributed by atoms with van der Waals surface area (Å²) in [6.45, 7) is 13.1. The Hall–Kier alpha value is -1.24. The van der Waals surface area contributed by atoms with Crippen LogP contribution in [-0.4, -0.2) is 7.05 Å². The molecular weight excluding hydrogens is 134 g/mol. The predicted octanol–water partition coefficient (Wildman–Crippen LogP) is 2.41. The molecule has 0 aliphatic rings. The summed E-state index contributed by atoms with van der Waals surface area (Å²) in [7, 11) is 1.85. The third-order valence-corrected chi connectivity index (χ3v) is 1.25. The van der Waals surface area contributed by atoms with Gasteiger partial charge in [-0.25, -0.2) is 0 Å². The number of hydrogen-bond acceptors (Lipinski definition) is 1. The molecule has 0 saturated carbocycles. The molecule has 0 bridgehead atoms. The van der Waals surface area contributed by atoms with Gasteiger partial charge in [0.1, 0.15) is 0 Å². The minimum Gasteiger partial charge on any atom is -0.388 e. The van der Waals surface area contributed by atoms with E-state index in [0.717, 1.165) is 16.8 Å². The first-order valence-corrected chi connectivity index (χ1v) is 3.48. The highest BCUT2D eigenvalue weighted by molar-refractivity contribution is 5.38. The van der Waals surface area contributed by atoms with Crippen LogP contribution in [0.4, 0.5) is 0 Å². The van der Waals surface area contributed by atoms with Crippen molar-refractivity contribution in [3.8, 4) is 0 Å². The van der Waals surface area contributed by atoms with Gasteiger partial charge >= 0.3 is 0 Å². The van der Waals surface area contributed by atoms with Crippen LogP contribution in [-0.2, 0) is 0 Å². The highest BCUT2D eigenvalue weighted by Crippen LogP contribution is 2.06. The van der Waals surface area contributed by atoms with Crippen LogP contribution in [0.5, 0.6) is 0 Å². The van der Waals surface area contributed by atoms with Crippen LogP contribution < -0.4 is 5.32 Å². The Morgan fingerprint density at radius 2 is 1.91 bits per heavy atom. The molecule has 1 N–H and O–H groups in total. The minimum atomic E-state index is 0.885. The zero-order valence-electron chi connectivity index (χ0n) is 7.28. The summed E-state index contributed by atoms with van der Waals surface area (Å²) in [5.74, 6) is 0. The molecule has 0 unspecified atom stereocenters. The van der Waals surface area contributed by atoms with Gasteiger partial charge in [-0.05, 0) is 18.6 Å². The first kappa shape index (κ1) is 9.76. The number of allylic oxidation sites excluding steroid dienone is 3. The molecule has 11 heavy (non-hydrogen) atoms. The highest BCUT2D eigenvalue weighted by atomic mass is 14.8. The van der Waals surface area contributed by atoms with E-state index in [1.165, 1.54) is 0 Å². The van der Waals surface area contributed by atoms with Crippen LogP contribution in [0.3, 0.4) is 0 Å². The zero-order valence-corrected chi connectivity index (χ0v) is 7.28. The van der Waals surface area contributed by atoms with Gasteiger partial charge in [-0.3, -0.25) is 0 Å². The van der Waals surface area contributed by atoms with E-state index < -0.39 is 0 Å². The SMILES string of the molecule is C=CC(=C)/C(=C\C(=C)C)NC.